The molecule has 2 aromatic carbocycles. The van der Waals surface area contributed by atoms with Crippen molar-refractivity contribution < 1.29 is 5.11 Å². The third-order valence-electron chi connectivity index (χ3n) is 6.57. The van der Waals surface area contributed by atoms with E-state index in [4.69, 9.17) is 23.2 Å². The molecule has 1 saturated carbocycles. The fourth-order valence-electron chi connectivity index (χ4n) is 4.86. The highest BCUT2D eigenvalue weighted by Crippen LogP contribution is 2.41. The van der Waals surface area contributed by atoms with Gasteiger partial charge in [-0.15, -0.1) is 0 Å². The first-order valence-corrected chi connectivity index (χ1v) is 11.5. The number of benzene rings is 2. The topological polar surface area (TPSA) is 35.5 Å². The van der Waals surface area contributed by atoms with E-state index in [9.17, 15) is 5.11 Å². The molecule has 1 saturated heterocycles. The van der Waals surface area contributed by atoms with Gasteiger partial charge in [-0.05, 0) is 42.2 Å². The van der Waals surface area contributed by atoms with Crippen molar-refractivity contribution in [2.24, 2.45) is 0 Å². The molecule has 2 N–H and O–H groups in total. The highest BCUT2D eigenvalue weighted by molar-refractivity contribution is 6.35. The van der Waals surface area contributed by atoms with Crippen molar-refractivity contribution in [2.45, 2.75) is 43.6 Å². The van der Waals surface area contributed by atoms with E-state index in [0.29, 0.717) is 10.0 Å². The van der Waals surface area contributed by atoms with Crippen LogP contribution in [0.1, 0.15) is 43.6 Å². The second-order valence-corrected chi connectivity index (χ2v) is 9.36. The predicted octanol–water partition coefficient (Wildman–Crippen LogP) is 5.34. The molecule has 2 aliphatic rings. The summed E-state index contributed by atoms with van der Waals surface area (Å²) in [5, 5.41) is 16.4. The molecule has 29 heavy (non-hydrogen) atoms. The standard InChI is InChI=1S/C24H30Cl2N2O/c25-20-8-9-23(26)21(16-20)18-4-6-19(7-5-18)22(17-28-14-12-27-13-15-28)24(29)10-2-1-3-11-24/h4-9,16,22,27,29H,1-3,10-15,17H2. The number of nitrogens with zero attached hydrogens (tertiary/aromatic N) is 1. The fraction of sp³-hybridized carbons (Fsp3) is 0.500. The van der Waals surface area contributed by atoms with E-state index in [1.54, 1.807) is 0 Å². The normalized spacial score (nSPS) is 21.1. The molecule has 1 unspecified atom stereocenters. The zero-order valence-electron chi connectivity index (χ0n) is 16.8. The number of halogens is 2. The minimum absolute atomic E-state index is 0.129. The van der Waals surface area contributed by atoms with Gasteiger partial charge in [-0.1, -0.05) is 66.7 Å². The lowest BCUT2D eigenvalue weighted by Gasteiger charge is -2.42. The molecule has 1 aliphatic heterocycles. The van der Waals surface area contributed by atoms with E-state index in [-0.39, 0.29) is 5.92 Å². The highest BCUT2D eigenvalue weighted by Gasteiger charge is 2.39. The van der Waals surface area contributed by atoms with E-state index >= 15 is 0 Å². The average Bonchev–Trinajstić information content (AvgIpc) is 2.75. The van der Waals surface area contributed by atoms with Gasteiger partial charge < -0.3 is 15.3 Å². The SMILES string of the molecule is OC1(C(CN2CCNCC2)c2ccc(-c3cc(Cl)ccc3Cl)cc2)CCCCC1. The molecule has 0 bridgehead atoms. The fourth-order valence-corrected chi connectivity index (χ4v) is 5.26. The Morgan fingerprint density at radius 1 is 0.966 bits per heavy atom. The Balaban J connectivity index is 1.62. The second kappa shape index (κ2) is 9.36. The molecule has 0 aromatic heterocycles. The molecule has 0 amide bonds. The number of nitrogens with one attached hydrogen (secondary N) is 1. The van der Waals surface area contributed by atoms with Gasteiger partial charge in [0.1, 0.15) is 0 Å². The van der Waals surface area contributed by atoms with Gasteiger partial charge in [0.05, 0.1) is 5.60 Å². The van der Waals surface area contributed by atoms with Gasteiger partial charge in [-0.25, -0.2) is 0 Å². The molecule has 0 radical (unpaired) electrons. The molecular weight excluding hydrogens is 403 g/mol. The third-order valence-corrected chi connectivity index (χ3v) is 7.14. The number of hydrogen-bond donors (Lipinski definition) is 2. The van der Waals surface area contributed by atoms with Gasteiger partial charge >= 0.3 is 0 Å². The molecule has 156 valence electrons. The Bertz CT molecular complexity index is 812. The van der Waals surface area contributed by atoms with Crippen molar-refractivity contribution in [3.8, 4) is 11.1 Å². The first kappa shape index (κ1) is 21.1. The van der Waals surface area contributed by atoms with Crippen LogP contribution in [0.5, 0.6) is 0 Å². The summed E-state index contributed by atoms with van der Waals surface area (Å²) in [5.41, 5.74) is 2.60. The summed E-state index contributed by atoms with van der Waals surface area (Å²) in [6.07, 6.45) is 5.25. The summed E-state index contributed by atoms with van der Waals surface area (Å²) in [5.74, 6) is 0.129. The maximum Gasteiger partial charge on any atom is 0.0728 e. The van der Waals surface area contributed by atoms with E-state index < -0.39 is 5.60 Å². The zero-order valence-corrected chi connectivity index (χ0v) is 18.4. The molecule has 2 aromatic rings. The Labute approximate surface area is 184 Å². The lowest BCUT2D eigenvalue weighted by molar-refractivity contribution is -0.0316. The summed E-state index contributed by atoms with van der Waals surface area (Å²) in [4.78, 5) is 2.50. The first-order chi connectivity index (χ1) is 14.0. The quantitative estimate of drug-likeness (QED) is 0.668. The lowest BCUT2D eigenvalue weighted by atomic mass is 9.72. The van der Waals surface area contributed by atoms with Crippen molar-refractivity contribution in [3.63, 3.8) is 0 Å². The predicted molar refractivity (Wildman–Crippen MR) is 122 cm³/mol. The smallest absolute Gasteiger partial charge is 0.0728 e. The Morgan fingerprint density at radius 3 is 2.34 bits per heavy atom. The van der Waals surface area contributed by atoms with Crippen LogP contribution < -0.4 is 5.32 Å². The number of hydrogen-bond acceptors (Lipinski definition) is 3. The maximum absolute atomic E-state index is 11.6. The Morgan fingerprint density at radius 2 is 1.66 bits per heavy atom. The van der Waals surface area contributed by atoms with Crippen molar-refractivity contribution in [1.29, 1.82) is 0 Å². The maximum atomic E-state index is 11.6. The van der Waals surface area contributed by atoms with Gasteiger partial charge in [-0.3, -0.25) is 0 Å². The minimum Gasteiger partial charge on any atom is -0.389 e. The number of rotatable bonds is 5. The third kappa shape index (κ3) is 4.98. The molecule has 5 heteroatoms. The van der Waals surface area contributed by atoms with Crippen molar-refractivity contribution in [1.82, 2.24) is 10.2 Å². The van der Waals surface area contributed by atoms with Crippen LogP contribution in [0.2, 0.25) is 10.0 Å². The molecule has 4 rings (SSSR count). The Hall–Kier alpha value is -1.10. The van der Waals surface area contributed by atoms with Gasteiger partial charge in [0.15, 0.2) is 0 Å². The van der Waals surface area contributed by atoms with Crippen molar-refractivity contribution >= 4 is 23.2 Å². The van der Waals surface area contributed by atoms with Crippen LogP contribution in [-0.2, 0) is 0 Å². The molecule has 1 heterocycles. The largest absolute Gasteiger partial charge is 0.389 e. The minimum atomic E-state index is -0.613. The summed E-state index contributed by atoms with van der Waals surface area (Å²) in [6, 6.07) is 14.1. The van der Waals surface area contributed by atoms with Gasteiger partial charge in [0, 0.05) is 54.3 Å². The van der Waals surface area contributed by atoms with E-state index in [1.807, 2.05) is 18.2 Å². The van der Waals surface area contributed by atoms with E-state index in [2.05, 4.69) is 34.5 Å². The average molecular weight is 433 g/mol. The van der Waals surface area contributed by atoms with Crippen LogP contribution in [0.4, 0.5) is 0 Å². The summed E-state index contributed by atoms with van der Waals surface area (Å²) < 4.78 is 0. The van der Waals surface area contributed by atoms with E-state index in [1.165, 1.54) is 12.0 Å². The monoisotopic (exact) mass is 432 g/mol. The van der Waals surface area contributed by atoms with Crippen LogP contribution in [0.25, 0.3) is 11.1 Å². The van der Waals surface area contributed by atoms with Crippen LogP contribution in [0, 0.1) is 0 Å². The highest BCUT2D eigenvalue weighted by atomic mass is 35.5. The number of aliphatic hydroxyl groups is 1. The molecule has 1 aliphatic carbocycles. The lowest BCUT2D eigenvalue weighted by Crippen LogP contribution is -2.49. The van der Waals surface area contributed by atoms with Crippen molar-refractivity contribution in [3.05, 3.63) is 58.1 Å². The molecule has 3 nitrogen and oxygen atoms in total. The first-order valence-electron chi connectivity index (χ1n) is 10.8. The molecule has 1 atom stereocenters. The van der Waals surface area contributed by atoms with Gasteiger partial charge in [0.25, 0.3) is 0 Å². The molecular formula is C24H30Cl2N2O. The Kier molecular flexibility index (Phi) is 6.83. The summed E-state index contributed by atoms with van der Waals surface area (Å²) in [6.45, 7) is 5.05. The molecule has 0 spiro atoms. The summed E-state index contributed by atoms with van der Waals surface area (Å²) in [7, 11) is 0. The van der Waals surface area contributed by atoms with Crippen LogP contribution in [0.3, 0.4) is 0 Å². The summed E-state index contributed by atoms with van der Waals surface area (Å²) >= 11 is 12.6. The zero-order chi connectivity index (χ0) is 20.3. The van der Waals surface area contributed by atoms with Gasteiger partial charge in [0.2, 0.25) is 0 Å². The number of piperazine rings is 1. The molecule has 2 fully saturated rings. The second-order valence-electron chi connectivity index (χ2n) is 8.51. The van der Waals surface area contributed by atoms with Crippen LogP contribution in [0.15, 0.2) is 42.5 Å². The van der Waals surface area contributed by atoms with Crippen LogP contribution >= 0.6 is 23.2 Å². The van der Waals surface area contributed by atoms with E-state index in [0.717, 1.165) is 69.5 Å². The van der Waals surface area contributed by atoms with Crippen molar-refractivity contribution in [2.75, 3.05) is 32.7 Å². The van der Waals surface area contributed by atoms with Gasteiger partial charge in [-0.2, -0.15) is 0 Å². The van der Waals surface area contributed by atoms with Crippen LogP contribution in [-0.4, -0.2) is 48.3 Å².